The first-order valence-corrected chi connectivity index (χ1v) is 9.02. The van der Waals surface area contributed by atoms with Crippen molar-refractivity contribution in [3.8, 4) is 0 Å². The predicted octanol–water partition coefficient (Wildman–Crippen LogP) is 3.68. The van der Waals surface area contributed by atoms with Gasteiger partial charge in [-0.1, -0.05) is 25.7 Å². The topological polar surface area (TPSA) is 44.9 Å². The fourth-order valence-electron chi connectivity index (χ4n) is 3.59. The Labute approximate surface area is 155 Å². The summed E-state index contributed by atoms with van der Waals surface area (Å²) in [6, 6.07) is 0.623. The minimum absolute atomic E-state index is 0. The fraction of sp³-hybridized carbons (Fsp3) is 0.941. The third-order valence-corrected chi connectivity index (χ3v) is 5.09. The second-order valence-electron chi connectivity index (χ2n) is 6.75. The van der Waals surface area contributed by atoms with Crippen LogP contribution in [0.15, 0.2) is 4.99 Å². The maximum Gasteiger partial charge on any atom is 0.191 e. The molecule has 0 amide bonds. The summed E-state index contributed by atoms with van der Waals surface area (Å²) in [5.74, 6) is 0.751. The molecule has 4 nitrogen and oxygen atoms in total. The molecule has 1 saturated heterocycles. The lowest BCUT2D eigenvalue weighted by atomic mass is 9.95. The summed E-state index contributed by atoms with van der Waals surface area (Å²) in [7, 11) is 2.11. The van der Waals surface area contributed by atoms with Gasteiger partial charge >= 0.3 is 0 Å². The Balaban J connectivity index is 0.00000242. The van der Waals surface area contributed by atoms with E-state index in [1.807, 2.05) is 0 Å². The highest BCUT2D eigenvalue weighted by Gasteiger charge is 2.19. The van der Waals surface area contributed by atoms with E-state index in [2.05, 4.69) is 21.8 Å². The molecule has 2 rings (SSSR count). The largest absolute Gasteiger partial charge is 0.370 e. The summed E-state index contributed by atoms with van der Waals surface area (Å²) in [4.78, 5) is 9.38. The average Bonchev–Trinajstić information content (AvgIpc) is 3.04. The van der Waals surface area contributed by atoms with Crippen molar-refractivity contribution < 1.29 is 0 Å². The van der Waals surface area contributed by atoms with E-state index in [0.29, 0.717) is 6.04 Å². The number of rotatable bonds is 7. The zero-order valence-corrected chi connectivity index (χ0v) is 16.3. The highest BCUT2D eigenvalue weighted by atomic mass is 35.5. The smallest absolute Gasteiger partial charge is 0.191 e. The highest BCUT2D eigenvalue weighted by molar-refractivity contribution is 5.85. The number of nitrogens with zero attached hydrogens (tertiary/aromatic N) is 3. The molecule has 1 aliphatic heterocycles. The highest BCUT2D eigenvalue weighted by Crippen LogP contribution is 2.21. The monoisotopic (exact) mass is 366 g/mol. The number of hydrogen-bond donors (Lipinski definition) is 1. The molecule has 0 radical (unpaired) electrons. The fourth-order valence-corrected chi connectivity index (χ4v) is 3.59. The number of likely N-dealkylation sites (tertiary alicyclic amines) is 1. The summed E-state index contributed by atoms with van der Waals surface area (Å²) < 4.78 is 0. The van der Waals surface area contributed by atoms with Crippen molar-refractivity contribution in [2.24, 2.45) is 10.7 Å². The molecule has 1 saturated carbocycles. The lowest BCUT2D eigenvalue weighted by Crippen LogP contribution is -2.42. The molecule has 0 aromatic heterocycles. The van der Waals surface area contributed by atoms with Gasteiger partial charge in [0.25, 0.3) is 0 Å². The second kappa shape index (κ2) is 13.1. The van der Waals surface area contributed by atoms with E-state index in [1.165, 1.54) is 83.8 Å². The zero-order chi connectivity index (χ0) is 14.9. The van der Waals surface area contributed by atoms with Gasteiger partial charge in [-0.05, 0) is 58.2 Å². The van der Waals surface area contributed by atoms with Crippen LogP contribution in [-0.4, -0.2) is 55.0 Å². The molecular formula is C17H36Cl2N4. The van der Waals surface area contributed by atoms with Crippen molar-refractivity contribution >= 4 is 30.8 Å². The molecule has 0 unspecified atom stereocenters. The van der Waals surface area contributed by atoms with E-state index in [-0.39, 0.29) is 24.8 Å². The van der Waals surface area contributed by atoms with Crippen LogP contribution in [-0.2, 0) is 0 Å². The van der Waals surface area contributed by atoms with Gasteiger partial charge in [0.2, 0.25) is 0 Å². The van der Waals surface area contributed by atoms with Gasteiger partial charge in [0, 0.05) is 19.6 Å². The Kier molecular flexibility index (Phi) is 13.0. The van der Waals surface area contributed by atoms with E-state index in [9.17, 15) is 0 Å². The molecule has 1 heterocycles. The van der Waals surface area contributed by atoms with E-state index in [0.717, 1.165) is 12.5 Å². The molecule has 1 aliphatic carbocycles. The van der Waals surface area contributed by atoms with Gasteiger partial charge in [-0.25, -0.2) is 0 Å². The Morgan fingerprint density at radius 2 is 1.65 bits per heavy atom. The van der Waals surface area contributed by atoms with Crippen molar-refractivity contribution in [1.82, 2.24) is 9.80 Å². The maximum atomic E-state index is 6.13. The molecule has 138 valence electrons. The molecule has 0 bridgehead atoms. The third-order valence-electron chi connectivity index (χ3n) is 5.09. The summed E-state index contributed by atoms with van der Waals surface area (Å²) in [5, 5.41) is 0. The number of unbranched alkanes of at least 4 members (excludes halogenated alkanes) is 2. The Bertz CT molecular complexity index is 314. The number of halogens is 2. The number of nitrogens with two attached hydrogens (primary N) is 1. The van der Waals surface area contributed by atoms with Gasteiger partial charge in [0.05, 0.1) is 0 Å². The summed E-state index contributed by atoms with van der Waals surface area (Å²) >= 11 is 0. The summed E-state index contributed by atoms with van der Waals surface area (Å²) in [6.45, 7) is 4.80. The molecule has 0 atom stereocenters. The first-order chi connectivity index (χ1) is 10.3. The third kappa shape index (κ3) is 8.46. The van der Waals surface area contributed by atoms with Crippen LogP contribution in [0.4, 0.5) is 0 Å². The lowest BCUT2D eigenvalue weighted by Gasteiger charge is -2.31. The summed E-state index contributed by atoms with van der Waals surface area (Å²) in [6.07, 6.45) is 13.2. The predicted molar refractivity (Wildman–Crippen MR) is 105 cm³/mol. The van der Waals surface area contributed by atoms with Crippen LogP contribution in [0.5, 0.6) is 0 Å². The molecule has 0 aromatic carbocycles. The first kappa shape index (κ1) is 22.8. The standard InChI is InChI=1S/C17H34N4.2ClH/c1-20(16-10-4-2-5-11-16)17(18)19-12-6-3-7-13-21-14-8-9-15-21;;/h16H,2-15H2,1H3,(H2,18,19);2*1H. The van der Waals surface area contributed by atoms with Crippen LogP contribution >= 0.6 is 24.8 Å². The second-order valence-corrected chi connectivity index (χ2v) is 6.75. The Morgan fingerprint density at radius 3 is 2.30 bits per heavy atom. The first-order valence-electron chi connectivity index (χ1n) is 9.02. The minimum Gasteiger partial charge on any atom is -0.370 e. The zero-order valence-electron chi connectivity index (χ0n) is 14.7. The van der Waals surface area contributed by atoms with Crippen LogP contribution in [0.3, 0.4) is 0 Å². The minimum atomic E-state index is 0. The number of hydrogen-bond acceptors (Lipinski definition) is 2. The van der Waals surface area contributed by atoms with E-state index >= 15 is 0 Å². The van der Waals surface area contributed by atoms with Crippen LogP contribution < -0.4 is 5.73 Å². The van der Waals surface area contributed by atoms with Crippen molar-refractivity contribution in [3.63, 3.8) is 0 Å². The van der Waals surface area contributed by atoms with Gasteiger partial charge in [-0.15, -0.1) is 24.8 Å². The van der Waals surface area contributed by atoms with Gasteiger partial charge in [-0.2, -0.15) is 0 Å². The number of aliphatic imine (C=N–C) groups is 1. The van der Waals surface area contributed by atoms with Crippen molar-refractivity contribution in [2.75, 3.05) is 33.2 Å². The molecule has 2 fully saturated rings. The van der Waals surface area contributed by atoms with Crippen LogP contribution in [0.1, 0.15) is 64.2 Å². The van der Waals surface area contributed by atoms with Gasteiger partial charge < -0.3 is 15.5 Å². The van der Waals surface area contributed by atoms with Crippen molar-refractivity contribution in [3.05, 3.63) is 0 Å². The molecule has 2 N–H and O–H groups in total. The normalized spacial score (nSPS) is 20.0. The van der Waals surface area contributed by atoms with Crippen molar-refractivity contribution in [2.45, 2.75) is 70.3 Å². The van der Waals surface area contributed by atoms with Crippen LogP contribution in [0.2, 0.25) is 0 Å². The van der Waals surface area contributed by atoms with Gasteiger partial charge in [0.1, 0.15) is 0 Å². The Hall–Kier alpha value is -0.190. The molecule has 0 aromatic rings. The van der Waals surface area contributed by atoms with E-state index < -0.39 is 0 Å². The molecular weight excluding hydrogens is 331 g/mol. The quantitative estimate of drug-likeness (QED) is 0.424. The lowest BCUT2D eigenvalue weighted by molar-refractivity contribution is 0.275. The maximum absolute atomic E-state index is 6.13. The average molecular weight is 367 g/mol. The van der Waals surface area contributed by atoms with E-state index in [4.69, 9.17) is 5.73 Å². The van der Waals surface area contributed by atoms with Gasteiger partial charge in [-0.3, -0.25) is 4.99 Å². The number of guanidine groups is 1. The summed E-state index contributed by atoms with van der Waals surface area (Å²) in [5.41, 5.74) is 6.13. The SMILES string of the molecule is CN(C(N)=NCCCCCN1CCCC1)C1CCCCC1.Cl.Cl. The van der Waals surface area contributed by atoms with Crippen LogP contribution in [0, 0.1) is 0 Å². The van der Waals surface area contributed by atoms with Gasteiger partial charge in [0.15, 0.2) is 5.96 Å². The van der Waals surface area contributed by atoms with Crippen molar-refractivity contribution in [1.29, 1.82) is 0 Å². The Morgan fingerprint density at radius 1 is 1.00 bits per heavy atom. The molecule has 23 heavy (non-hydrogen) atoms. The van der Waals surface area contributed by atoms with E-state index in [1.54, 1.807) is 0 Å². The molecule has 6 heteroatoms. The molecule has 2 aliphatic rings. The molecule has 0 spiro atoms. The van der Waals surface area contributed by atoms with Crippen LogP contribution in [0.25, 0.3) is 0 Å².